The molecule has 0 saturated carbocycles. The highest BCUT2D eigenvalue weighted by Gasteiger charge is 2.03. The second-order valence-electron chi connectivity index (χ2n) is 6.71. The maximum absolute atomic E-state index is 12.0. The summed E-state index contributed by atoms with van der Waals surface area (Å²) in [6.07, 6.45) is 0.147. The molecule has 0 heterocycles. The molecule has 0 aromatic heterocycles. The number of nitrogens with one attached hydrogen (secondary N) is 2. The van der Waals surface area contributed by atoms with E-state index < -0.39 is 0 Å². The van der Waals surface area contributed by atoms with Gasteiger partial charge < -0.3 is 20.1 Å². The van der Waals surface area contributed by atoms with Crippen molar-refractivity contribution in [2.45, 2.75) is 33.4 Å². The number of carbonyl (C=O) groups excluding carboxylic acids is 1. The van der Waals surface area contributed by atoms with Crippen LogP contribution in [0.3, 0.4) is 0 Å². The molecule has 0 bridgehead atoms. The summed E-state index contributed by atoms with van der Waals surface area (Å²) in [4.78, 5) is 12.0. The third kappa shape index (κ3) is 7.86. The van der Waals surface area contributed by atoms with E-state index in [1.54, 1.807) is 0 Å². The molecular weight excluding hydrogens is 340 g/mol. The molecular formula is C22H28N2O3. The maximum atomic E-state index is 12.0. The lowest BCUT2D eigenvalue weighted by atomic mass is 10.2. The summed E-state index contributed by atoms with van der Waals surface area (Å²) < 4.78 is 11.2. The highest BCUT2D eigenvalue weighted by Crippen LogP contribution is 2.16. The Morgan fingerprint density at radius 3 is 2.26 bits per heavy atom. The first-order valence-electron chi connectivity index (χ1n) is 9.06. The zero-order chi connectivity index (χ0) is 19.6. The van der Waals surface area contributed by atoms with Crippen LogP contribution in [-0.4, -0.2) is 25.2 Å². The van der Waals surface area contributed by atoms with E-state index in [0.717, 1.165) is 28.3 Å². The smallest absolute Gasteiger partial charge is 0.239 e. The topological polar surface area (TPSA) is 59.6 Å². The predicted octanol–water partition coefficient (Wildman–Crippen LogP) is 4.16. The highest BCUT2D eigenvalue weighted by molar-refractivity contribution is 5.80. The molecule has 27 heavy (non-hydrogen) atoms. The third-order valence-corrected chi connectivity index (χ3v) is 3.58. The molecule has 0 aliphatic rings. The van der Waals surface area contributed by atoms with Crippen molar-refractivity contribution in [2.75, 3.05) is 18.5 Å². The number of anilines is 1. The fourth-order valence-corrected chi connectivity index (χ4v) is 2.28. The van der Waals surface area contributed by atoms with Crippen molar-refractivity contribution in [2.24, 2.45) is 0 Å². The lowest BCUT2D eigenvalue weighted by molar-refractivity contribution is -0.119. The Kier molecular flexibility index (Phi) is 7.74. The van der Waals surface area contributed by atoms with E-state index in [-0.39, 0.29) is 18.6 Å². The zero-order valence-electron chi connectivity index (χ0n) is 16.2. The molecule has 0 spiro atoms. The van der Waals surface area contributed by atoms with Crippen molar-refractivity contribution in [1.29, 1.82) is 0 Å². The predicted molar refractivity (Wildman–Crippen MR) is 109 cm³/mol. The van der Waals surface area contributed by atoms with Crippen LogP contribution in [0.25, 0.3) is 0 Å². The second kappa shape index (κ2) is 10.3. The van der Waals surface area contributed by atoms with E-state index in [0.29, 0.717) is 13.2 Å². The van der Waals surface area contributed by atoms with Gasteiger partial charge >= 0.3 is 0 Å². The summed E-state index contributed by atoms with van der Waals surface area (Å²) in [5.74, 6) is 1.54. The van der Waals surface area contributed by atoms with Gasteiger partial charge in [-0.25, -0.2) is 0 Å². The summed E-state index contributed by atoms with van der Waals surface area (Å²) in [7, 11) is 0. The van der Waals surface area contributed by atoms with Crippen LogP contribution >= 0.6 is 0 Å². The zero-order valence-corrected chi connectivity index (χ0v) is 16.2. The van der Waals surface area contributed by atoms with Gasteiger partial charge in [-0.15, -0.1) is 0 Å². The molecule has 2 rings (SSSR count). The van der Waals surface area contributed by atoms with Gasteiger partial charge in [0.1, 0.15) is 18.1 Å². The number of rotatable bonds is 10. The molecule has 0 radical (unpaired) electrons. The number of carbonyl (C=O) groups is 1. The maximum Gasteiger partial charge on any atom is 0.239 e. The van der Waals surface area contributed by atoms with Crippen LogP contribution in [0.1, 0.15) is 26.3 Å². The van der Waals surface area contributed by atoms with Crippen molar-refractivity contribution in [3.63, 3.8) is 0 Å². The molecule has 0 aliphatic heterocycles. The quantitative estimate of drug-likeness (QED) is 0.618. The average molecular weight is 368 g/mol. The molecule has 0 fully saturated rings. The van der Waals surface area contributed by atoms with Crippen LogP contribution in [-0.2, 0) is 11.3 Å². The van der Waals surface area contributed by atoms with Crippen LogP contribution < -0.4 is 20.1 Å². The molecule has 0 aliphatic carbocycles. The molecule has 144 valence electrons. The first-order chi connectivity index (χ1) is 12.9. The van der Waals surface area contributed by atoms with E-state index >= 15 is 0 Å². The standard InChI is InChI=1S/C22H28N2O3/c1-16(2)15-26-20-11-7-19(8-12-20)23-14-22(25)24-13-18-5-9-21(10-6-18)27-17(3)4/h5-12,17,23H,1,13-15H2,2-4H3,(H,24,25). The monoisotopic (exact) mass is 368 g/mol. The van der Waals surface area contributed by atoms with E-state index in [4.69, 9.17) is 9.47 Å². The van der Waals surface area contributed by atoms with Crippen molar-refractivity contribution in [3.05, 3.63) is 66.2 Å². The van der Waals surface area contributed by atoms with Gasteiger partial charge in [-0.1, -0.05) is 18.7 Å². The number of ether oxygens (including phenoxy) is 2. The average Bonchev–Trinajstić information content (AvgIpc) is 2.64. The molecule has 1 amide bonds. The summed E-state index contributed by atoms with van der Waals surface area (Å²) in [5.41, 5.74) is 2.86. The largest absolute Gasteiger partial charge is 0.491 e. The van der Waals surface area contributed by atoms with Gasteiger partial charge in [0, 0.05) is 12.2 Å². The highest BCUT2D eigenvalue weighted by atomic mass is 16.5. The number of hydrogen-bond donors (Lipinski definition) is 2. The van der Waals surface area contributed by atoms with E-state index in [1.165, 1.54) is 0 Å². The van der Waals surface area contributed by atoms with Crippen molar-refractivity contribution < 1.29 is 14.3 Å². The molecule has 2 aromatic carbocycles. The van der Waals surface area contributed by atoms with Crippen molar-refractivity contribution >= 4 is 11.6 Å². The Morgan fingerprint density at radius 2 is 1.67 bits per heavy atom. The van der Waals surface area contributed by atoms with Crippen LogP contribution in [0.5, 0.6) is 11.5 Å². The van der Waals surface area contributed by atoms with Gasteiger partial charge in [-0.05, 0) is 68.3 Å². The minimum Gasteiger partial charge on any atom is -0.491 e. The van der Waals surface area contributed by atoms with Gasteiger partial charge in [-0.2, -0.15) is 0 Å². The van der Waals surface area contributed by atoms with Gasteiger partial charge in [0.2, 0.25) is 5.91 Å². The van der Waals surface area contributed by atoms with Crippen molar-refractivity contribution in [3.8, 4) is 11.5 Å². The van der Waals surface area contributed by atoms with Crippen LogP contribution in [0.2, 0.25) is 0 Å². The molecule has 2 N–H and O–H groups in total. The van der Waals surface area contributed by atoms with Gasteiger partial charge in [0.05, 0.1) is 12.6 Å². The molecule has 5 nitrogen and oxygen atoms in total. The lowest BCUT2D eigenvalue weighted by Crippen LogP contribution is -2.29. The van der Waals surface area contributed by atoms with Gasteiger partial charge in [0.15, 0.2) is 0 Å². The molecule has 0 atom stereocenters. The van der Waals surface area contributed by atoms with E-state index in [2.05, 4.69) is 17.2 Å². The molecule has 5 heteroatoms. The Morgan fingerprint density at radius 1 is 1.04 bits per heavy atom. The normalized spacial score (nSPS) is 10.4. The molecule has 0 unspecified atom stereocenters. The second-order valence-corrected chi connectivity index (χ2v) is 6.71. The summed E-state index contributed by atoms with van der Waals surface area (Å²) in [6.45, 7) is 10.9. The third-order valence-electron chi connectivity index (χ3n) is 3.58. The fraction of sp³-hybridized carbons (Fsp3) is 0.318. The number of amides is 1. The SMILES string of the molecule is C=C(C)COc1ccc(NCC(=O)NCc2ccc(OC(C)C)cc2)cc1. The Hall–Kier alpha value is -2.95. The minimum atomic E-state index is -0.0693. The first kappa shape index (κ1) is 20.4. The Labute approximate surface area is 161 Å². The van der Waals surface area contributed by atoms with Crippen LogP contribution in [0.15, 0.2) is 60.7 Å². The Bertz CT molecular complexity index is 737. The lowest BCUT2D eigenvalue weighted by Gasteiger charge is -2.11. The molecule has 2 aromatic rings. The first-order valence-corrected chi connectivity index (χ1v) is 9.06. The van der Waals surface area contributed by atoms with E-state index in [9.17, 15) is 4.79 Å². The van der Waals surface area contributed by atoms with Crippen molar-refractivity contribution in [1.82, 2.24) is 5.32 Å². The minimum absolute atomic E-state index is 0.0693. The summed E-state index contributed by atoms with van der Waals surface area (Å²) in [6, 6.07) is 15.2. The molecule has 0 saturated heterocycles. The van der Waals surface area contributed by atoms with Gasteiger partial charge in [-0.3, -0.25) is 4.79 Å². The van der Waals surface area contributed by atoms with Crippen LogP contribution in [0, 0.1) is 0 Å². The number of hydrogen-bond acceptors (Lipinski definition) is 4. The Balaban J connectivity index is 1.72. The number of benzene rings is 2. The summed E-state index contributed by atoms with van der Waals surface area (Å²) >= 11 is 0. The van der Waals surface area contributed by atoms with Crippen LogP contribution in [0.4, 0.5) is 5.69 Å². The van der Waals surface area contributed by atoms with Gasteiger partial charge in [0.25, 0.3) is 0 Å². The van der Waals surface area contributed by atoms with E-state index in [1.807, 2.05) is 69.3 Å². The fourth-order valence-electron chi connectivity index (χ4n) is 2.28. The summed E-state index contributed by atoms with van der Waals surface area (Å²) in [5, 5.41) is 6.00.